The van der Waals surface area contributed by atoms with Gasteiger partial charge in [-0.05, 0) is 38.6 Å². The van der Waals surface area contributed by atoms with Crippen molar-refractivity contribution in [2.75, 3.05) is 33.7 Å². The van der Waals surface area contributed by atoms with Crippen molar-refractivity contribution in [1.29, 1.82) is 0 Å². The second-order valence-electron chi connectivity index (χ2n) is 5.83. The molecule has 0 aliphatic carbocycles. The van der Waals surface area contributed by atoms with Crippen LogP contribution in [-0.4, -0.2) is 61.3 Å². The van der Waals surface area contributed by atoms with Gasteiger partial charge in [0.1, 0.15) is 10.5 Å². The Balaban J connectivity index is 1.88. The Morgan fingerprint density at radius 2 is 2.29 bits per heavy atom. The number of sulfonamides is 1. The van der Waals surface area contributed by atoms with Gasteiger partial charge >= 0.3 is 0 Å². The minimum absolute atomic E-state index is 0.330. The molecule has 3 heterocycles. The van der Waals surface area contributed by atoms with Gasteiger partial charge in [0.25, 0.3) is 0 Å². The quantitative estimate of drug-likeness (QED) is 0.919. The first-order valence-corrected chi connectivity index (χ1v) is 8.49. The van der Waals surface area contributed by atoms with E-state index < -0.39 is 10.0 Å². The van der Waals surface area contributed by atoms with E-state index in [0.717, 1.165) is 13.0 Å². The second-order valence-corrected chi connectivity index (χ2v) is 7.74. The van der Waals surface area contributed by atoms with Gasteiger partial charge in [-0.15, -0.1) is 0 Å². The van der Waals surface area contributed by atoms with E-state index in [2.05, 4.69) is 14.9 Å². The van der Waals surface area contributed by atoms with Gasteiger partial charge in [0, 0.05) is 37.4 Å². The molecular formula is C14H20N4O2S. The molecule has 1 unspecified atom stereocenters. The molecule has 0 spiro atoms. The molecule has 1 aliphatic heterocycles. The number of hydrogen-bond acceptors (Lipinski definition) is 4. The highest BCUT2D eigenvalue weighted by molar-refractivity contribution is 7.89. The zero-order chi connectivity index (χ0) is 15.0. The van der Waals surface area contributed by atoms with Gasteiger partial charge in [-0.3, -0.25) is 0 Å². The molecule has 7 heteroatoms. The fourth-order valence-corrected chi connectivity index (χ4v) is 4.65. The summed E-state index contributed by atoms with van der Waals surface area (Å²) in [7, 11) is 0.586. The average Bonchev–Trinajstić information content (AvgIpc) is 3.04. The topological polar surface area (TPSA) is 69.3 Å². The van der Waals surface area contributed by atoms with Gasteiger partial charge in [0.2, 0.25) is 10.0 Å². The summed E-state index contributed by atoms with van der Waals surface area (Å²) in [6.07, 6.45) is 4.11. The number of H-pyrrole nitrogens is 1. The highest BCUT2D eigenvalue weighted by Crippen LogP contribution is 2.28. The summed E-state index contributed by atoms with van der Waals surface area (Å²) in [5.74, 6) is 0.401. The molecule has 1 aliphatic rings. The Hall–Kier alpha value is -1.44. The maximum atomic E-state index is 12.8. The zero-order valence-corrected chi connectivity index (χ0v) is 13.1. The molecule has 3 rings (SSSR count). The van der Waals surface area contributed by atoms with Crippen LogP contribution in [0.4, 0.5) is 0 Å². The van der Waals surface area contributed by atoms with Gasteiger partial charge < -0.3 is 9.88 Å². The number of hydrogen-bond donors (Lipinski definition) is 1. The Labute approximate surface area is 124 Å². The molecule has 1 saturated heterocycles. The third-order valence-electron chi connectivity index (χ3n) is 3.90. The summed E-state index contributed by atoms with van der Waals surface area (Å²) in [5, 5.41) is 0.661. The maximum absolute atomic E-state index is 12.8. The molecule has 0 radical (unpaired) electrons. The number of aromatic nitrogens is 2. The molecule has 0 bridgehead atoms. The third-order valence-corrected chi connectivity index (χ3v) is 5.81. The lowest BCUT2D eigenvalue weighted by Crippen LogP contribution is -2.30. The first-order chi connectivity index (χ1) is 9.98. The summed E-state index contributed by atoms with van der Waals surface area (Å²) >= 11 is 0. The van der Waals surface area contributed by atoms with Crippen molar-refractivity contribution in [3.8, 4) is 0 Å². The van der Waals surface area contributed by atoms with E-state index >= 15 is 0 Å². The van der Waals surface area contributed by atoms with Gasteiger partial charge in [0.05, 0.1) is 0 Å². The minimum Gasteiger partial charge on any atom is -0.345 e. The molecule has 0 saturated carbocycles. The second kappa shape index (κ2) is 5.40. The first-order valence-electron chi connectivity index (χ1n) is 7.05. The number of rotatable bonds is 4. The van der Waals surface area contributed by atoms with Gasteiger partial charge in [-0.2, -0.15) is 4.31 Å². The van der Waals surface area contributed by atoms with Crippen molar-refractivity contribution in [3.63, 3.8) is 0 Å². The number of fused-ring (bicyclic) bond motifs is 1. The van der Waals surface area contributed by atoms with Crippen LogP contribution in [0.15, 0.2) is 29.4 Å². The lowest BCUT2D eigenvalue weighted by molar-refractivity contribution is 0.329. The largest absolute Gasteiger partial charge is 0.345 e. The van der Waals surface area contributed by atoms with Gasteiger partial charge in [0.15, 0.2) is 0 Å². The summed E-state index contributed by atoms with van der Waals surface area (Å²) in [4.78, 5) is 9.52. The standard InChI is InChI=1S/C14H20N4O2S/c1-17(2)9-11-5-7-18(10-11)21(19,20)13-8-16-14-12(13)4-3-6-15-14/h3-4,6,8,11H,5,7,9-10H2,1-2H3,(H,15,16). The Bertz CT molecular complexity index is 738. The Morgan fingerprint density at radius 3 is 3.05 bits per heavy atom. The average molecular weight is 308 g/mol. The van der Waals surface area contributed by atoms with Crippen LogP contribution >= 0.6 is 0 Å². The van der Waals surface area contributed by atoms with Crippen LogP contribution in [0, 0.1) is 5.92 Å². The van der Waals surface area contributed by atoms with Gasteiger partial charge in [-0.25, -0.2) is 13.4 Å². The van der Waals surface area contributed by atoms with Crippen molar-refractivity contribution in [1.82, 2.24) is 19.2 Å². The van der Waals surface area contributed by atoms with E-state index in [0.29, 0.717) is 34.9 Å². The van der Waals surface area contributed by atoms with Crippen LogP contribution in [0.5, 0.6) is 0 Å². The summed E-state index contributed by atoms with van der Waals surface area (Å²) in [5.41, 5.74) is 0.611. The van der Waals surface area contributed by atoms with Crippen LogP contribution in [0.1, 0.15) is 6.42 Å². The Kier molecular flexibility index (Phi) is 3.73. The monoisotopic (exact) mass is 308 g/mol. The molecule has 2 aromatic rings. The van der Waals surface area contributed by atoms with Crippen molar-refractivity contribution < 1.29 is 8.42 Å². The van der Waals surface area contributed by atoms with Crippen molar-refractivity contribution in [3.05, 3.63) is 24.5 Å². The number of aromatic amines is 1. The lowest BCUT2D eigenvalue weighted by Gasteiger charge is -2.18. The SMILES string of the molecule is CN(C)CC1CCN(S(=O)(=O)c2c[nH]c3ncccc23)C1. The molecule has 2 aromatic heterocycles. The van der Waals surface area contributed by atoms with Gasteiger partial charge in [-0.1, -0.05) is 0 Å². The molecular weight excluding hydrogens is 288 g/mol. The predicted octanol–water partition coefficient (Wildman–Crippen LogP) is 1.14. The molecule has 1 fully saturated rings. The molecule has 1 N–H and O–H groups in total. The van der Waals surface area contributed by atoms with E-state index in [9.17, 15) is 8.42 Å². The molecule has 21 heavy (non-hydrogen) atoms. The first kappa shape index (κ1) is 14.5. The predicted molar refractivity (Wildman–Crippen MR) is 81.5 cm³/mol. The highest BCUT2D eigenvalue weighted by atomic mass is 32.2. The van der Waals surface area contributed by atoms with Crippen LogP contribution in [0.3, 0.4) is 0 Å². The summed E-state index contributed by atoms with van der Waals surface area (Å²) < 4.78 is 27.2. The molecule has 0 aromatic carbocycles. The molecule has 6 nitrogen and oxygen atoms in total. The van der Waals surface area contributed by atoms with Crippen LogP contribution in [0.2, 0.25) is 0 Å². The van der Waals surface area contributed by atoms with E-state index in [-0.39, 0.29) is 0 Å². The van der Waals surface area contributed by atoms with Crippen molar-refractivity contribution in [2.24, 2.45) is 5.92 Å². The minimum atomic E-state index is -3.45. The van der Waals surface area contributed by atoms with E-state index in [4.69, 9.17) is 0 Å². The third kappa shape index (κ3) is 2.68. The maximum Gasteiger partial charge on any atom is 0.245 e. The van der Waals surface area contributed by atoms with Crippen molar-refractivity contribution >= 4 is 21.1 Å². The molecule has 1 atom stereocenters. The zero-order valence-electron chi connectivity index (χ0n) is 12.3. The fraction of sp³-hybridized carbons (Fsp3) is 0.500. The van der Waals surface area contributed by atoms with E-state index in [1.807, 2.05) is 14.1 Å². The number of pyridine rings is 1. The lowest BCUT2D eigenvalue weighted by atomic mass is 10.1. The highest BCUT2D eigenvalue weighted by Gasteiger charge is 2.34. The summed E-state index contributed by atoms with van der Waals surface area (Å²) in [6, 6.07) is 3.55. The van der Waals surface area contributed by atoms with E-state index in [1.165, 1.54) is 0 Å². The number of nitrogens with zero attached hydrogens (tertiary/aromatic N) is 3. The van der Waals surface area contributed by atoms with Crippen molar-refractivity contribution in [2.45, 2.75) is 11.3 Å². The molecule has 0 amide bonds. The fourth-order valence-electron chi connectivity index (χ4n) is 2.96. The van der Waals surface area contributed by atoms with Crippen LogP contribution in [0.25, 0.3) is 11.0 Å². The number of nitrogens with one attached hydrogen (secondary N) is 1. The smallest absolute Gasteiger partial charge is 0.245 e. The van der Waals surface area contributed by atoms with Crippen LogP contribution in [-0.2, 0) is 10.0 Å². The Morgan fingerprint density at radius 1 is 1.48 bits per heavy atom. The van der Waals surface area contributed by atoms with Crippen LogP contribution < -0.4 is 0 Å². The normalized spacial score (nSPS) is 20.6. The van der Waals surface area contributed by atoms with E-state index in [1.54, 1.807) is 28.8 Å². The molecule has 114 valence electrons. The summed E-state index contributed by atoms with van der Waals surface area (Å²) in [6.45, 7) is 2.10.